The predicted octanol–water partition coefficient (Wildman–Crippen LogP) is 2.67. The molecule has 1 aromatic carbocycles. The van der Waals surface area contributed by atoms with Gasteiger partial charge in [-0.15, -0.1) is 0 Å². The topological polar surface area (TPSA) is 35.2 Å². The van der Waals surface area contributed by atoms with Crippen molar-refractivity contribution in [1.82, 2.24) is 0 Å². The molecule has 0 spiro atoms. The molecule has 3 heteroatoms. The first-order chi connectivity index (χ1) is 6.76. The molecule has 1 rings (SSSR count). The van der Waals surface area contributed by atoms with Gasteiger partial charge in [0.15, 0.2) is 0 Å². The van der Waals surface area contributed by atoms with Gasteiger partial charge in [0.05, 0.1) is 0 Å². The van der Waals surface area contributed by atoms with E-state index in [1.165, 1.54) is 5.54 Å². The highest BCUT2D eigenvalue weighted by atomic mass is 35.5. The molecule has 2 nitrogen and oxygen atoms in total. The van der Waals surface area contributed by atoms with Gasteiger partial charge in [0.2, 0.25) is 0 Å². The number of hydrogen-bond acceptors (Lipinski definition) is 2. The summed E-state index contributed by atoms with van der Waals surface area (Å²) in [5, 5.41) is 0. The summed E-state index contributed by atoms with van der Waals surface area (Å²) in [6.07, 6.45) is 0. The Morgan fingerprint density at radius 2 is 2.07 bits per heavy atom. The maximum atomic E-state index is 5.51. The number of nitrogens with two attached hydrogens (primary N) is 1. The SMILES string of the molecule is C/C(=C/Cl)COc1ccc(CN)cc1. The Labute approximate surface area is 89.3 Å². The van der Waals surface area contributed by atoms with Gasteiger partial charge in [-0.3, -0.25) is 0 Å². The lowest BCUT2D eigenvalue weighted by Gasteiger charge is -2.06. The third-order valence-electron chi connectivity index (χ3n) is 1.81. The summed E-state index contributed by atoms with van der Waals surface area (Å²) >= 11 is 5.51. The van der Waals surface area contributed by atoms with E-state index in [1.54, 1.807) is 0 Å². The number of ether oxygens (including phenoxy) is 1. The van der Waals surface area contributed by atoms with Crippen molar-refractivity contribution in [3.8, 4) is 5.75 Å². The van der Waals surface area contributed by atoms with E-state index in [0.29, 0.717) is 13.2 Å². The zero-order valence-electron chi connectivity index (χ0n) is 8.16. The van der Waals surface area contributed by atoms with E-state index >= 15 is 0 Å². The van der Waals surface area contributed by atoms with Gasteiger partial charge in [0.1, 0.15) is 12.4 Å². The van der Waals surface area contributed by atoms with Crippen LogP contribution in [0.3, 0.4) is 0 Å². The lowest BCUT2D eigenvalue weighted by atomic mass is 10.2. The van der Waals surface area contributed by atoms with Gasteiger partial charge in [-0.25, -0.2) is 0 Å². The molecule has 0 unspecified atom stereocenters. The summed E-state index contributed by atoms with van der Waals surface area (Å²) < 4.78 is 5.46. The smallest absolute Gasteiger partial charge is 0.119 e. The quantitative estimate of drug-likeness (QED) is 0.831. The summed E-state index contributed by atoms with van der Waals surface area (Å²) in [5.41, 5.74) is 9.09. The second kappa shape index (κ2) is 5.68. The van der Waals surface area contributed by atoms with E-state index < -0.39 is 0 Å². The van der Waals surface area contributed by atoms with E-state index in [1.807, 2.05) is 31.2 Å². The van der Waals surface area contributed by atoms with Crippen molar-refractivity contribution in [2.75, 3.05) is 6.61 Å². The van der Waals surface area contributed by atoms with Gasteiger partial charge in [-0.2, -0.15) is 0 Å². The average molecular weight is 212 g/mol. The van der Waals surface area contributed by atoms with Crippen molar-refractivity contribution in [2.45, 2.75) is 13.5 Å². The Bertz CT molecular complexity index is 306. The highest BCUT2D eigenvalue weighted by Gasteiger charge is 1.94. The van der Waals surface area contributed by atoms with Crippen molar-refractivity contribution in [3.05, 3.63) is 40.9 Å². The lowest BCUT2D eigenvalue weighted by molar-refractivity contribution is 0.352. The number of rotatable bonds is 4. The van der Waals surface area contributed by atoms with E-state index in [2.05, 4.69) is 0 Å². The van der Waals surface area contributed by atoms with Crippen molar-refractivity contribution in [2.24, 2.45) is 5.73 Å². The van der Waals surface area contributed by atoms with Crippen LogP contribution in [0.1, 0.15) is 12.5 Å². The fraction of sp³-hybridized carbons (Fsp3) is 0.273. The normalized spacial score (nSPS) is 11.5. The Morgan fingerprint density at radius 1 is 1.43 bits per heavy atom. The third kappa shape index (κ3) is 3.40. The number of halogens is 1. The molecule has 2 N–H and O–H groups in total. The minimum atomic E-state index is 0.519. The molecule has 14 heavy (non-hydrogen) atoms. The molecule has 0 bridgehead atoms. The fourth-order valence-electron chi connectivity index (χ4n) is 0.950. The van der Waals surface area contributed by atoms with E-state index in [4.69, 9.17) is 22.1 Å². The van der Waals surface area contributed by atoms with Crippen LogP contribution in [0.5, 0.6) is 5.75 Å². The number of benzene rings is 1. The molecule has 0 saturated heterocycles. The van der Waals surface area contributed by atoms with Crippen LogP contribution < -0.4 is 10.5 Å². The third-order valence-corrected chi connectivity index (χ3v) is 2.18. The minimum absolute atomic E-state index is 0.519. The Morgan fingerprint density at radius 3 is 2.57 bits per heavy atom. The molecule has 0 fully saturated rings. The fourth-order valence-corrected chi connectivity index (χ4v) is 1.01. The minimum Gasteiger partial charge on any atom is -0.489 e. The molecule has 0 aromatic heterocycles. The lowest BCUT2D eigenvalue weighted by Crippen LogP contribution is -1.99. The molecular formula is C11H14ClNO. The zero-order valence-corrected chi connectivity index (χ0v) is 8.92. The standard InChI is InChI=1S/C11H14ClNO/c1-9(6-12)8-14-11-4-2-10(7-13)3-5-11/h2-6H,7-8,13H2,1H3/b9-6-. The zero-order chi connectivity index (χ0) is 10.4. The predicted molar refractivity (Wildman–Crippen MR) is 59.4 cm³/mol. The van der Waals surface area contributed by atoms with Crippen LogP contribution in [0.2, 0.25) is 0 Å². The van der Waals surface area contributed by atoms with Crippen molar-refractivity contribution in [3.63, 3.8) is 0 Å². The molecule has 76 valence electrons. The Kier molecular flexibility index (Phi) is 4.50. The summed E-state index contributed by atoms with van der Waals surface area (Å²) in [6.45, 7) is 2.99. The number of hydrogen-bond donors (Lipinski definition) is 1. The van der Waals surface area contributed by atoms with Crippen LogP contribution in [0, 0.1) is 0 Å². The summed E-state index contributed by atoms with van der Waals surface area (Å²) in [6, 6.07) is 7.72. The molecular weight excluding hydrogens is 198 g/mol. The first kappa shape index (κ1) is 11.1. The molecule has 0 heterocycles. The first-order valence-corrected chi connectivity index (χ1v) is 4.87. The largest absolute Gasteiger partial charge is 0.489 e. The van der Waals surface area contributed by atoms with Gasteiger partial charge < -0.3 is 10.5 Å². The molecule has 0 atom stereocenters. The molecule has 0 radical (unpaired) electrons. The van der Waals surface area contributed by atoms with Crippen molar-refractivity contribution in [1.29, 1.82) is 0 Å². The first-order valence-electron chi connectivity index (χ1n) is 4.44. The molecule has 1 aromatic rings. The van der Waals surface area contributed by atoms with Gasteiger partial charge in [0, 0.05) is 12.1 Å². The summed E-state index contributed by atoms with van der Waals surface area (Å²) in [4.78, 5) is 0. The summed E-state index contributed by atoms with van der Waals surface area (Å²) in [5.74, 6) is 0.833. The van der Waals surface area contributed by atoms with Gasteiger partial charge in [-0.05, 0) is 30.2 Å². The van der Waals surface area contributed by atoms with Crippen LogP contribution in [0.15, 0.2) is 35.4 Å². The van der Waals surface area contributed by atoms with E-state index in [-0.39, 0.29) is 0 Å². The highest BCUT2D eigenvalue weighted by Crippen LogP contribution is 2.12. The Balaban J connectivity index is 2.52. The van der Waals surface area contributed by atoms with Crippen molar-refractivity contribution < 1.29 is 4.74 Å². The van der Waals surface area contributed by atoms with Crippen LogP contribution in [0.4, 0.5) is 0 Å². The molecule has 0 saturated carbocycles. The molecule has 0 aliphatic rings. The average Bonchev–Trinajstić information content (AvgIpc) is 2.26. The molecule has 0 amide bonds. The van der Waals surface area contributed by atoms with Gasteiger partial charge >= 0.3 is 0 Å². The van der Waals surface area contributed by atoms with Gasteiger partial charge in [0.25, 0.3) is 0 Å². The maximum Gasteiger partial charge on any atom is 0.119 e. The van der Waals surface area contributed by atoms with Crippen LogP contribution in [-0.4, -0.2) is 6.61 Å². The van der Waals surface area contributed by atoms with Crippen LogP contribution >= 0.6 is 11.6 Å². The highest BCUT2D eigenvalue weighted by molar-refractivity contribution is 6.25. The maximum absolute atomic E-state index is 5.51. The van der Waals surface area contributed by atoms with E-state index in [9.17, 15) is 0 Å². The second-order valence-electron chi connectivity index (χ2n) is 3.09. The summed E-state index contributed by atoms with van der Waals surface area (Å²) in [7, 11) is 0. The Hall–Kier alpha value is -0.990. The van der Waals surface area contributed by atoms with Crippen LogP contribution in [-0.2, 0) is 6.54 Å². The van der Waals surface area contributed by atoms with E-state index in [0.717, 1.165) is 16.9 Å². The molecule has 0 aliphatic carbocycles. The van der Waals surface area contributed by atoms with Crippen molar-refractivity contribution >= 4 is 11.6 Å². The van der Waals surface area contributed by atoms with Crippen LogP contribution in [0.25, 0.3) is 0 Å². The monoisotopic (exact) mass is 211 g/mol. The van der Waals surface area contributed by atoms with Gasteiger partial charge in [-0.1, -0.05) is 23.7 Å². The second-order valence-corrected chi connectivity index (χ2v) is 3.31. The molecule has 0 aliphatic heterocycles.